The number of benzene rings is 3. The van der Waals surface area contributed by atoms with Gasteiger partial charge in [0, 0.05) is 10.6 Å². The third-order valence-electron chi connectivity index (χ3n) is 4.14. The van der Waals surface area contributed by atoms with Crippen molar-refractivity contribution in [2.75, 3.05) is 11.9 Å². The molecule has 4 aromatic rings. The first kappa shape index (κ1) is 19.6. The van der Waals surface area contributed by atoms with Gasteiger partial charge in [0.2, 0.25) is 5.82 Å². The van der Waals surface area contributed by atoms with Crippen molar-refractivity contribution in [3.63, 3.8) is 0 Å². The summed E-state index contributed by atoms with van der Waals surface area (Å²) in [5.74, 6) is 0.296. The Labute approximate surface area is 176 Å². The molecule has 1 heterocycles. The van der Waals surface area contributed by atoms with E-state index in [2.05, 4.69) is 15.5 Å². The minimum absolute atomic E-state index is 0.236. The maximum Gasteiger partial charge on any atom is 0.262 e. The van der Waals surface area contributed by atoms with Crippen LogP contribution in [0.4, 0.5) is 10.1 Å². The van der Waals surface area contributed by atoms with Gasteiger partial charge in [0.25, 0.3) is 11.8 Å². The first-order valence-electron chi connectivity index (χ1n) is 8.96. The summed E-state index contributed by atoms with van der Waals surface area (Å²) in [7, 11) is 0. The van der Waals surface area contributed by atoms with Crippen molar-refractivity contribution in [1.29, 1.82) is 0 Å². The Morgan fingerprint density at radius 1 is 1.03 bits per heavy atom. The van der Waals surface area contributed by atoms with Gasteiger partial charge in [-0.2, -0.15) is 4.98 Å². The Kier molecular flexibility index (Phi) is 5.72. The van der Waals surface area contributed by atoms with Crippen LogP contribution < -0.4 is 10.1 Å². The summed E-state index contributed by atoms with van der Waals surface area (Å²) in [6.07, 6.45) is 0. The van der Waals surface area contributed by atoms with Gasteiger partial charge in [0.15, 0.2) is 6.61 Å². The maximum atomic E-state index is 12.9. The van der Waals surface area contributed by atoms with Crippen LogP contribution in [-0.4, -0.2) is 22.7 Å². The van der Waals surface area contributed by atoms with E-state index in [9.17, 15) is 9.18 Å². The minimum Gasteiger partial charge on any atom is -0.484 e. The van der Waals surface area contributed by atoms with Crippen LogP contribution >= 0.6 is 11.6 Å². The fourth-order valence-corrected chi connectivity index (χ4v) is 2.82. The Bertz CT molecular complexity index is 1160. The molecule has 0 aliphatic heterocycles. The lowest BCUT2D eigenvalue weighted by Crippen LogP contribution is -2.20. The molecule has 0 aliphatic rings. The predicted molar refractivity (Wildman–Crippen MR) is 111 cm³/mol. The van der Waals surface area contributed by atoms with Crippen molar-refractivity contribution >= 4 is 23.2 Å². The van der Waals surface area contributed by atoms with Crippen molar-refractivity contribution in [2.45, 2.75) is 0 Å². The molecule has 0 saturated carbocycles. The van der Waals surface area contributed by atoms with Gasteiger partial charge >= 0.3 is 0 Å². The normalized spacial score (nSPS) is 10.6. The van der Waals surface area contributed by atoms with E-state index in [0.717, 1.165) is 5.56 Å². The fourth-order valence-electron chi connectivity index (χ4n) is 2.69. The predicted octanol–water partition coefficient (Wildman–Crippen LogP) is 5.21. The number of nitrogens with zero attached hydrogens (tertiary/aromatic N) is 2. The van der Waals surface area contributed by atoms with Gasteiger partial charge in [-0.3, -0.25) is 4.79 Å². The number of amides is 1. The van der Waals surface area contributed by atoms with Gasteiger partial charge in [-0.15, -0.1) is 0 Å². The van der Waals surface area contributed by atoms with Gasteiger partial charge in [0.05, 0.1) is 11.3 Å². The summed E-state index contributed by atoms with van der Waals surface area (Å²) in [5.41, 5.74) is 1.82. The number of hydrogen-bond donors (Lipinski definition) is 1. The minimum atomic E-state index is -0.385. The number of rotatable bonds is 6. The highest BCUT2D eigenvalue weighted by molar-refractivity contribution is 6.30. The molecule has 8 heteroatoms. The molecule has 150 valence electrons. The number of halogens is 2. The molecule has 30 heavy (non-hydrogen) atoms. The Morgan fingerprint density at radius 2 is 1.77 bits per heavy atom. The van der Waals surface area contributed by atoms with E-state index >= 15 is 0 Å². The molecule has 0 spiro atoms. The molecular formula is C22H15ClFN3O3. The number of anilines is 1. The maximum absolute atomic E-state index is 12.9. The monoisotopic (exact) mass is 423 g/mol. The van der Waals surface area contributed by atoms with E-state index in [1.807, 2.05) is 0 Å². The second-order valence-electron chi connectivity index (χ2n) is 6.27. The Hall–Kier alpha value is -3.71. The molecule has 0 saturated heterocycles. The largest absolute Gasteiger partial charge is 0.484 e. The molecular weight excluding hydrogens is 409 g/mol. The Balaban J connectivity index is 1.48. The standard InChI is InChI=1S/C22H15ClFN3O3/c23-15-7-5-14(6-8-15)21-26-22(30-27-21)18-3-1-2-4-19(18)25-20(28)13-29-17-11-9-16(24)10-12-17/h1-12H,13H2,(H,25,28). The number of para-hydroxylation sites is 1. The Morgan fingerprint density at radius 3 is 2.53 bits per heavy atom. The lowest BCUT2D eigenvalue weighted by Gasteiger charge is -2.09. The van der Waals surface area contributed by atoms with Crippen molar-refractivity contribution in [3.8, 4) is 28.6 Å². The third-order valence-corrected chi connectivity index (χ3v) is 4.40. The molecule has 0 radical (unpaired) electrons. The smallest absolute Gasteiger partial charge is 0.262 e. The van der Waals surface area contributed by atoms with E-state index in [0.29, 0.717) is 27.8 Å². The summed E-state index contributed by atoms with van der Waals surface area (Å²) in [4.78, 5) is 16.7. The average Bonchev–Trinajstić information content (AvgIpc) is 3.24. The number of ether oxygens (including phenoxy) is 1. The fraction of sp³-hybridized carbons (Fsp3) is 0.0455. The van der Waals surface area contributed by atoms with Crippen LogP contribution in [0.2, 0.25) is 5.02 Å². The number of carbonyl (C=O) groups is 1. The molecule has 0 bridgehead atoms. The lowest BCUT2D eigenvalue weighted by atomic mass is 10.1. The van der Waals surface area contributed by atoms with Crippen LogP contribution in [0.5, 0.6) is 5.75 Å². The highest BCUT2D eigenvalue weighted by atomic mass is 35.5. The van der Waals surface area contributed by atoms with Crippen LogP contribution in [0, 0.1) is 5.82 Å². The highest BCUT2D eigenvalue weighted by Crippen LogP contribution is 2.28. The SMILES string of the molecule is O=C(COc1ccc(F)cc1)Nc1ccccc1-c1nc(-c2ccc(Cl)cc2)no1. The van der Waals surface area contributed by atoms with Gasteiger partial charge in [-0.25, -0.2) is 4.39 Å². The zero-order valence-electron chi connectivity index (χ0n) is 15.5. The van der Waals surface area contributed by atoms with Crippen LogP contribution in [0.3, 0.4) is 0 Å². The summed E-state index contributed by atoms with van der Waals surface area (Å²) >= 11 is 5.91. The molecule has 0 aliphatic carbocycles. The van der Waals surface area contributed by atoms with E-state index < -0.39 is 0 Å². The summed E-state index contributed by atoms with van der Waals surface area (Å²) < 4.78 is 23.7. The molecule has 4 rings (SSSR count). The second-order valence-corrected chi connectivity index (χ2v) is 6.70. The molecule has 0 unspecified atom stereocenters. The van der Waals surface area contributed by atoms with Crippen molar-refractivity contribution < 1.29 is 18.4 Å². The summed E-state index contributed by atoms with van der Waals surface area (Å²) in [6, 6.07) is 19.5. The second kappa shape index (κ2) is 8.75. The average molecular weight is 424 g/mol. The summed E-state index contributed by atoms with van der Waals surface area (Å²) in [5, 5.41) is 7.37. The number of hydrogen-bond acceptors (Lipinski definition) is 5. The number of aromatic nitrogens is 2. The zero-order chi connectivity index (χ0) is 20.9. The first-order valence-corrected chi connectivity index (χ1v) is 9.33. The molecule has 6 nitrogen and oxygen atoms in total. The van der Waals surface area contributed by atoms with Crippen molar-refractivity contribution in [1.82, 2.24) is 10.1 Å². The van der Waals surface area contributed by atoms with E-state index in [1.54, 1.807) is 48.5 Å². The third kappa shape index (κ3) is 4.64. The van der Waals surface area contributed by atoms with Crippen molar-refractivity contribution in [2.24, 2.45) is 0 Å². The van der Waals surface area contributed by atoms with Crippen LogP contribution in [0.15, 0.2) is 77.3 Å². The van der Waals surface area contributed by atoms with E-state index in [1.165, 1.54) is 24.3 Å². The molecule has 1 N–H and O–H groups in total. The van der Waals surface area contributed by atoms with E-state index in [-0.39, 0.29) is 24.2 Å². The number of carbonyl (C=O) groups excluding carboxylic acids is 1. The highest BCUT2D eigenvalue weighted by Gasteiger charge is 2.15. The molecule has 1 aromatic heterocycles. The molecule has 1 amide bonds. The van der Waals surface area contributed by atoms with Crippen LogP contribution in [-0.2, 0) is 4.79 Å². The molecule has 3 aromatic carbocycles. The van der Waals surface area contributed by atoms with Gasteiger partial charge in [-0.1, -0.05) is 28.9 Å². The zero-order valence-corrected chi connectivity index (χ0v) is 16.3. The van der Waals surface area contributed by atoms with Crippen molar-refractivity contribution in [3.05, 3.63) is 83.6 Å². The van der Waals surface area contributed by atoms with Gasteiger partial charge < -0.3 is 14.6 Å². The number of nitrogens with one attached hydrogen (secondary N) is 1. The topological polar surface area (TPSA) is 77.2 Å². The molecule has 0 fully saturated rings. The van der Waals surface area contributed by atoms with E-state index in [4.69, 9.17) is 20.9 Å². The van der Waals surface area contributed by atoms with Gasteiger partial charge in [0.1, 0.15) is 11.6 Å². The lowest BCUT2D eigenvalue weighted by molar-refractivity contribution is -0.118. The van der Waals surface area contributed by atoms with Gasteiger partial charge in [-0.05, 0) is 60.7 Å². The summed E-state index contributed by atoms with van der Waals surface area (Å²) in [6.45, 7) is -0.236. The van der Waals surface area contributed by atoms with Crippen LogP contribution in [0.25, 0.3) is 22.8 Å². The van der Waals surface area contributed by atoms with Crippen LogP contribution in [0.1, 0.15) is 0 Å². The molecule has 0 atom stereocenters. The first-order chi connectivity index (χ1) is 14.6. The quantitative estimate of drug-likeness (QED) is 0.460.